The lowest BCUT2D eigenvalue weighted by Gasteiger charge is -1.99. The minimum absolute atomic E-state index is 0.108. The first kappa shape index (κ1) is 13.4. The minimum atomic E-state index is -3.46. The van der Waals surface area contributed by atoms with Crippen molar-refractivity contribution in [2.75, 3.05) is 6.26 Å². The van der Waals surface area contributed by atoms with E-state index in [2.05, 4.69) is 37.1 Å². The van der Waals surface area contributed by atoms with Crippen molar-refractivity contribution in [1.29, 1.82) is 0 Å². The Hall–Kier alpha value is -1.00. The summed E-state index contributed by atoms with van der Waals surface area (Å²) in [7, 11) is -3.46. The van der Waals surface area contributed by atoms with Crippen molar-refractivity contribution in [2.24, 2.45) is 0 Å². The predicted molar refractivity (Wildman–Crippen MR) is 73.7 cm³/mol. The van der Waals surface area contributed by atoms with Crippen LogP contribution < -0.4 is 0 Å². The summed E-state index contributed by atoms with van der Waals surface area (Å²) in [6.07, 6.45) is 2.63. The third kappa shape index (κ3) is 3.75. The van der Waals surface area contributed by atoms with Crippen LogP contribution in [0.5, 0.6) is 0 Å². The number of benzene rings is 1. The van der Waals surface area contributed by atoms with Gasteiger partial charge >= 0.3 is 0 Å². The zero-order valence-electron chi connectivity index (χ0n) is 9.45. The van der Waals surface area contributed by atoms with Gasteiger partial charge in [0.15, 0.2) is 0 Å². The Morgan fingerprint density at radius 2 is 2.00 bits per heavy atom. The van der Waals surface area contributed by atoms with E-state index >= 15 is 0 Å². The molecule has 1 aromatic carbocycles. The van der Waals surface area contributed by atoms with Crippen molar-refractivity contribution in [1.82, 2.24) is 15.0 Å². The van der Waals surface area contributed by atoms with Crippen LogP contribution in [0, 0.1) is 3.57 Å². The van der Waals surface area contributed by atoms with Crippen molar-refractivity contribution in [3.8, 4) is 5.69 Å². The highest BCUT2D eigenvalue weighted by Crippen LogP contribution is 2.11. The summed E-state index contributed by atoms with van der Waals surface area (Å²) in [5.41, 5.74) is 1.31. The molecule has 0 fully saturated rings. The number of nitrogens with zero attached hydrogens (tertiary/aromatic N) is 3. The minimum Gasteiger partial charge on any atom is -0.264 e. The van der Waals surface area contributed by atoms with E-state index in [1.165, 1.54) is 0 Å². The Balaban J connectivity index is 2.13. The molecule has 96 valence electrons. The molecular formula is C10H10IN3O3S. The summed E-state index contributed by atoms with van der Waals surface area (Å²) < 4.78 is 29.0. The molecule has 0 aliphatic heterocycles. The van der Waals surface area contributed by atoms with Crippen LogP contribution in [-0.4, -0.2) is 29.7 Å². The highest BCUT2D eigenvalue weighted by atomic mass is 127. The van der Waals surface area contributed by atoms with Gasteiger partial charge in [0.05, 0.1) is 18.1 Å². The molecule has 0 N–H and O–H groups in total. The first-order chi connectivity index (χ1) is 8.44. The lowest BCUT2D eigenvalue weighted by Crippen LogP contribution is -2.02. The number of hydrogen-bond acceptors (Lipinski definition) is 5. The van der Waals surface area contributed by atoms with Gasteiger partial charge in [-0.15, -0.1) is 5.10 Å². The maximum Gasteiger partial charge on any atom is 0.264 e. The first-order valence-corrected chi connectivity index (χ1v) is 7.85. The maximum absolute atomic E-state index is 10.8. The molecule has 0 spiro atoms. The van der Waals surface area contributed by atoms with Gasteiger partial charge in [-0.1, -0.05) is 5.21 Å². The molecule has 0 aliphatic carbocycles. The molecule has 0 atom stereocenters. The summed E-state index contributed by atoms with van der Waals surface area (Å²) in [4.78, 5) is 0. The van der Waals surface area contributed by atoms with E-state index in [0.29, 0.717) is 5.69 Å². The molecule has 1 aromatic heterocycles. The SMILES string of the molecule is CS(=O)(=O)OCc1cn(-c2ccc(I)cc2)nn1. The molecule has 0 radical (unpaired) electrons. The zero-order chi connectivity index (χ0) is 13.2. The van der Waals surface area contributed by atoms with Gasteiger partial charge in [-0.3, -0.25) is 4.18 Å². The van der Waals surface area contributed by atoms with Crippen LogP contribution >= 0.6 is 22.6 Å². The van der Waals surface area contributed by atoms with E-state index in [1.807, 2.05) is 24.3 Å². The summed E-state index contributed by atoms with van der Waals surface area (Å²) in [5.74, 6) is 0. The van der Waals surface area contributed by atoms with Crippen LogP contribution in [-0.2, 0) is 20.9 Å². The molecule has 2 rings (SSSR count). The smallest absolute Gasteiger partial charge is 0.264 e. The van der Waals surface area contributed by atoms with Gasteiger partial charge in [-0.05, 0) is 46.9 Å². The summed E-state index contributed by atoms with van der Waals surface area (Å²) in [5, 5.41) is 7.75. The second-order valence-electron chi connectivity index (χ2n) is 3.60. The quantitative estimate of drug-likeness (QED) is 0.592. The van der Waals surface area contributed by atoms with Crippen LogP contribution in [0.1, 0.15) is 5.69 Å². The summed E-state index contributed by atoms with van der Waals surface area (Å²) in [6, 6.07) is 7.70. The third-order valence-electron chi connectivity index (χ3n) is 2.05. The van der Waals surface area contributed by atoms with Crippen molar-refractivity contribution in [3.63, 3.8) is 0 Å². The Morgan fingerprint density at radius 1 is 1.33 bits per heavy atom. The molecule has 18 heavy (non-hydrogen) atoms. The van der Waals surface area contributed by atoms with Gasteiger partial charge in [0.1, 0.15) is 12.3 Å². The van der Waals surface area contributed by atoms with E-state index in [0.717, 1.165) is 15.5 Å². The second kappa shape index (κ2) is 5.33. The lowest BCUT2D eigenvalue weighted by atomic mass is 10.3. The molecule has 0 aliphatic rings. The van der Waals surface area contributed by atoms with E-state index in [1.54, 1.807) is 10.9 Å². The van der Waals surface area contributed by atoms with Crippen molar-refractivity contribution >= 4 is 32.7 Å². The number of halogens is 1. The monoisotopic (exact) mass is 379 g/mol. The van der Waals surface area contributed by atoms with Crippen LogP contribution in [0.25, 0.3) is 5.69 Å². The topological polar surface area (TPSA) is 74.1 Å². The van der Waals surface area contributed by atoms with Crippen LogP contribution in [0.15, 0.2) is 30.5 Å². The van der Waals surface area contributed by atoms with Crippen LogP contribution in [0.3, 0.4) is 0 Å². The fourth-order valence-electron chi connectivity index (χ4n) is 1.25. The molecule has 8 heteroatoms. The van der Waals surface area contributed by atoms with Gasteiger partial charge in [0, 0.05) is 3.57 Å². The first-order valence-electron chi connectivity index (χ1n) is 4.95. The average molecular weight is 379 g/mol. The molecule has 0 amide bonds. The van der Waals surface area contributed by atoms with Crippen LogP contribution in [0.2, 0.25) is 0 Å². The maximum atomic E-state index is 10.8. The number of hydrogen-bond donors (Lipinski definition) is 0. The lowest BCUT2D eigenvalue weighted by molar-refractivity contribution is 0.307. The van der Waals surface area contributed by atoms with Gasteiger partial charge in [-0.2, -0.15) is 8.42 Å². The highest BCUT2D eigenvalue weighted by Gasteiger charge is 2.07. The average Bonchev–Trinajstić information content (AvgIpc) is 2.75. The Morgan fingerprint density at radius 3 is 2.61 bits per heavy atom. The summed E-state index contributed by atoms with van der Waals surface area (Å²) >= 11 is 2.21. The number of rotatable bonds is 4. The molecule has 0 unspecified atom stereocenters. The fourth-order valence-corrected chi connectivity index (χ4v) is 1.95. The normalized spacial score (nSPS) is 11.7. The molecule has 0 saturated heterocycles. The van der Waals surface area contributed by atoms with Gasteiger partial charge < -0.3 is 0 Å². The van der Waals surface area contributed by atoms with E-state index in [9.17, 15) is 8.42 Å². The van der Waals surface area contributed by atoms with E-state index in [4.69, 9.17) is 0 Å². The predicted octanol–water partition coefficient (Wildman–Crippen LogP) is 1.35. The number of aromatic nitrogens is 3. The molecule has 0 bridgehead atoms. The van der Waals surface area contributed by atoms with E-state index < -0.39 is 10.1 Å². The summed E-state index contributed by atoms with van der Waals surface area (Å²) in [6.45, 7) is -0.108. The molecule has 2 aromatic rings. The van der Waals surface area contributed by atoms with Gasteiger partial charge in [-0.25, -0.2) is 4.68 Å². The molecule has 6 nitrogen and oxygen atoms in total. The Bertz CT molecular complexity index is 637. The Labute approximate surface area is 118 Å². The molecular weight excluding hydrogens is 369 g/mol. The molecule has 1 heterocycles. The molecule has 0 saturated carbocycles. The zero-order valence-corrected chi connectivity index (χ0v) is 12.4. The van der Waals surface area contributed by atoms with Crippen molar-refractivity contribution < 1.29 is 12.6 Å². The van der Waals surface area contributed by atoms with Gasteiger partial charge in [0.2, 0.25) is 0 Å². The Kier molecular flexibility index (Phi) is 3.97. The fraction of sp³-hybridized carbons (Fsp3) is 0.200. The second-order valence-corrected chi connectivity index (χ2v) is 6.49. The van der Waals surface area contributed by atoms with Crippen molar-refractivity contribution in [3.05, 3.63) is 39.7 Å². The van der Waals surface area contributed by atoms with Crippen molar-refractivity contribution in [2.45, 2.75) is 6.61 Å². The standard InChI is InChI=1S/C10H10IN3O3S/c1-18(15,16)17-7-9-6-14(13-12-9)10-4-2-8(11)3-5-10/h2-6H,7H2,1H3. The van der Waals surface area contributed by atoms with E-state index in [-0.39, 0.29) is 6.61 Å². The highest BCUT2D eigenvalue weighted by molar-refractivity contribution is 14.1. The third-order valence-corrected chi connectivity index (χ3v) is 3.32. The van der Waals surface area contributed by atoms with Crippen LogP contribution in [0.4, 0.5) is 0 Å². The van der Waals surface area contributed by atoms with Gasteiger partial charge in [0.25, 0.3) is 10.1 Å². The largest absolute Gasteiger partial charge is 0.264 e.